The van der Waals surface area contributed by atoms with Crippen molar-refractivity contribution in [2.24, 2.45) is 5.41 Å². The zero-order chi connectivity index (χ0) is 6.78. The van der Waals surface area contributed by atoms with Gasteiger partial charge in [-0.25, -0.2) is 0 Å². The van der Waals surface area contributed by atoms with Crippen LogP contribution in [-0.4, -0.2) is 0 Å². The summed E-state index contributed by atoms with van der Waals surface area (Å²) < 4.78 is 0. The second-order valence-electron chi connectivity index (χ2n) is 3.36. The van der Waals surface area contributed by atoms with E-state index in [0.29, 0.717) is 5.41 Å². The molecule has 0 aromatic heterocycles. The normalized spacial score (nSPS) is 14.4. The van der Waals surface area contributed by atoms with Gasteiger partial charge in [-0.05, 0) is 19.3 Å². The van der Waals surface area contributed by atoms with Gasteiger partial charge in [0.15, 0.2) is 0 Å². The Morgan fingerprint density at radius 1 is 1.38 bits per heavy atom. The van der Waals surface area contributed by atoms with Crippen LogP contribution in [0.15, 0.2) is 11.6 Å². The SMILES string of the molecule is [CH2]/C(C)=C/C(C)(C)C. The first-order valence-electron chi connectivity index (χ1n) is 2.93. The van der Waals surface area contributed by atoms with Gasteiger partial charge in [0, 0.05) is 0 Å². The Morgan fingerprint density at radius 2 is 1.75 bits per heavy atom. The lowest BCUT2D eigenvalue weighted by molar-refractivity contribution is 0.541. The van der Waals surface area contributed by atoms with Crippen LogP contribution in [0.4, 0.5) is 0 Å². The van der Waals surface area contributed by atoms with E-state index in [1.54, 1.807) is 0 Å². The second-order valence-corrected chi connectivity index (χ2v) is 3.36. The van der Waals surface area contributed by atoms with Crippen molar-refractivity contribution in [3.8, 4) is 0 Å². The summed E-state index contributed by atoms with van der Waals surface area (Å²) >= 11 is 0. The van der Waals surface area contributed by atoms with E-state index < -0.39 is 0 Å². The monoisotopic (exact) mass is 111 g/mol. The molecule has 0 unspecified atom stereocenters. The molecule has 0 aromatic carbocycles. The molecule has 0 heterocycles. The van der Waals surface area contributed by atoms with Crippen LogP contribution in [0.25, 0.3) is 0 Å². The molecule has 0 amide bonds. The molecular weight excluding hydrogens is 96.1 g/mol. The lowest BCUT2D eigenvalue weighted by atomic mass is 9.94. The van der Waals surface area contributed by atoms with Crippen LogP contribution >= 0.6 is 0 Å². The zero-order valence-corrected chi connectivity index (χ0v) is 6.28. The predicted molar refractivity (Wildman–Crippen MR) is 38.6 cm³/mol. The Labute approximate surface area is 52.6 Å². The molecule has 0 aromatic rings. The molecule has 0 aliphatic carbocycles. The van der Waals surface area contributed by atoms with E-state index in [-0.39, 0.29) is 0 Å². The quantitative estimate of drug-likeness (QED) is 0.451. The third-order valence-corrected chi connectivity index (χ3v) is 0.679. The molecule has 0 aliphatic rings. The van der Waals surface area contributed by atoms with Crippen molar-refractivity contribution >= 4 is 0 Å². The molecule has 0 N–H and O–H groups in total. The van der Waals surface area contributed by atoms with Crippen molar-refractivity contribution in [3.63, 3.8) is 0 Å². The average Bonchev–Trinajstić information content (AvgIpc) is 1.21. The van der Waals surface area contributed by atoms with Crippen molar-refractivity contribution in [1.82, 2.24) is 0 Å². The molecule has 0 aliphatic heterocycles. The lowest BCUT2D eigenvalue weighted by Crippen LogP contribution is -1.99. The molecule has 8 heavy (non-hydrogen) atoms. The predicted octanol–water partition coefficient (Wildman–Crippen LogP) is 2.81. The molecule has 0 atom stereocenters. The maximum Gasteiger partial charge on any atom is -0.0201 e. The Kier molecular flexibility index (Phi) is 2.26. The van der Waals surface area contributed by atoms with Crippen LogP contribution < -0.4 is 0 Å². The summed E-state index contributed by atoms with van der Waals surface area (Å²) in [4.78, 5) is 0. The summed E-state index contributed by atoms with van der Waals surface area (Å²) in [5.41, 5.74) is 1.45. The average molecular weight is 111 g/mol. The van der Waals surface area contributed by atoms with Crippen LogP contribution in [0.1, 0.15) is 27.7 Å². The van der Waals surface area contributed by atoms with Crippen molar-refractivity contribution < 1.29 is 0 Å². The van der Waals surface area contributed by atoms with Gasteiger partial charge in [0.1, 0.15) is 0 Å². The molecule has 0 saturated carbocycles. The molecule has 0 rings (SSSR count). The van der Waals surface area contributed by atoms with E-state index in [1.807, 2.05) is 6.92 Å². The molecule has 47 valence electrons. The molecule has 0 nitrogen and oxygen atoms in total. The van der Waals surface area contributed by atoms with Gasteiger partial charge in [0.2, 0.25) is 0 Å². The summed E-state index contributed by atoms with van der Waals surface area (Å²) in [5, 5.41) is 0. The van der Waals surface area contributed by atoms with Gasteiger partial charge in [-0.2, -0.15) is 0 Å². The molecule has 0 heteroatoms. The van der Waals surface area contributed by atoms with E-state index in [0.717, 1.165) is 5.57 Å². The van der Waals surface area contributed by atoms with Gasteiger partial charge in [-0.3, -0.25) is 0 Å². The molecule has 0 bridgehead atoms. The smallest absolute Gasteiger partial charge is 0.0201 e. The summed E-state index contributed by atoms with van der Waals surface area (Å²) in [6, 6.07) is 0. The minimum absolute atomic E-state index is 0.297. The standard InChI is InChI=1S/C8H15/c1-7(2)6-8(3,4)5/h6H,1H2,2-5H3/b7-6-. The minimum Gasteiger partial charge on any atom is -0.0802 e. The topological polar surface area (TPSA) is 0 Å². The van der Waals surface area contributed by atoms with E-state index in [1.165, 1.54) is 0 Å². The van der Waals surface area contributed by atoms with E-state index >= 15 is 0 Å². The first-order chi connectivity index (χ1) is 3.42. The first kappa shape index (κ1) is 7.74. The molecule has 0 saturated heterocycles. The van der Waals surface area contributed by atoms with E-state index in [4.69, 9.17) is 0 Å². The molecule has 0 fully saturated rings. The van der Waals surface area contributed by atoms with Crippen molar-refractivity contribution in [2.75, 3.05) is 0 Å². The van der Waals surface area contributed by atoms with Crippen LogP contribution in [0.2, 0.25) is 0 Å². The van der Waals surface area contributed by atoms with Crippen molar-refractivity contribution in [1.29, 1.82) is 0 Å². The summed E-state index contributed by atoms with van der Waals surface area (Å²) in [6.07, 6.45) is 2.16. The minimum atomic E-state index is 0.297. The number of hydrogen-bond donors (Lipinski definition) is 0. The Bertz CT molecular complexity index is 87.1. The second kappa shape index (κ2) is 2.34. The highest BCUT2D eigenvalue weighted by molar-refractivity contribution is 5.05. The largest absolute Gasteiger partial charge is 0.0802 e. The lowest BCUT2D eigenvalue weighted by Gasteiger charge is -2.11. The summed E-state index contributed by atoms with van der Waals surface area (Å²) in [5.74, 6) is 0. The van der Waals surface area contributed by atoms with Gasteiger partial charge in [0.05, 0.1) is 0 Å². The third kappa shape index (κ3) is 5.74. The van der Waals surface area contributed by atoms with E-state index in [2.05, 4.69) is 33.8 Å². The van der Waals surface area contributed by atoms with Gasteiger partial charge >= 0.3 is 0 Å². The van der Waals surface area contributed by atoms with Crippen LogP contribution in [0.5, 0.6) is 0 Å². The Hall–Kier alpha value is -0.260. The first-order valence-corrected chi connectivity index (χ1v) is 2.93. The fourth-order valence-corrected chi connectivity index (χ4v) is 0.739. The third-order valence-electron chi connectivity index (χ3n) is 0.679. The van der Waals surface area contributed by atoms with Gasteiger partial charge in [0.25, 0.3) is 0 Å². The fraction of sp³-hybridized carbons (Fsp3) is 0.625. The van der Waals surface area contributed by atoms with Crippen LogP contribution in [-0.2, 0) is 0 Å². The summed E-state index contributed by atoms with van der Waals surface area (Å²) in [6.45, 7) is 12.3. The Morgan fingerprint density at radius 3 is 1.75 bits per heavy atom. The maximum absolute atomic E-state index is 3.78. The molecule has 1 radical (unpaired) electrons. The fourth-order valence-electron chi connectivity index (χ4n) is 0.739. The number of hydrogen-bond acceptors (Lipinski definition) is 0. The zero-order valence-electron chi connectivity index (χ0n) is 6.28. The van der Waals surface area contributed by atoms with E-state index in [9.17, 15) is 0 Å². The Balaban J connectivity index is 3.89. The number of rotatable bonds is 0. The van der Waals surface area contributed by atoms with Crippen LogP contribution in [0, 0.1) is 12.3 Å². The number of allylic oxidation sites excluding steroid dienone is 2. The molecular formula is C8H15. The van der Waals surface area contributed by atoms with Crippen molar-refractivity contribution in [3.05, 3.63) is 18.6 Å². The van der Waals surface area contributed by atoms with Crippen molar-refractivity contribution in [2.45, 2.75) is 27.7 Å². The van der Waals surface area contributed by atoms with Gasteiger partial charge in [-0.15, -0.1) is 0 Å². The van der Waals surface area contributed by atoms with Gasteiger partial charge < -0.3 is 0 Å². The van der Waals surface area contributed by atoms with Gasteiger partial charge in [-0.1, -0.05) is 32.4 Å². The highest BCUT2D eigenvalue weighted by atomic mass is 14.1. The summed E-state index contributed by atoms with van der Waals surface area (Å²) in [7, 11) is 0. The highest BCUT2D eigenvalue weighted by Gasteiger charge is 2.03. The maximum atomic E-state index is 3.78. The van der Waals surface area contributed by atoms with Crippen LogP contribution in [0.3, 0.4) is 0 Å². The highest BCUT2D eigenvalue weighted by Crippen LogP contribution is 2.16. The molecule has 0 spiro atoms.